The summed E-state index contributed by atoms with van der Waals surface area (Å²) in [7, 11) is 0. The van der Waals surface area contributed by atoms with Gasteiger partial charge in [0.2, 0.25) is 0 Å². The van der Waals surface area contributed by atoms with Crippen LogP contribution >= 0.6 is 0 Å². The normalized spacial score (nSPS) is 38.2. The third kappa shape index (κ3) is 1.50. The Bertz CT molecular complexity index is 160. The molecule has 0 saturated heterocycles. The van der Waals surface area contributed by atoms with Gasteiger partial charge in [-0.25, -0.2) is 0 Å². The van der Waals surface area contributed by atoms with E-state index in [1.165, 1.54) is 12.8 Å². The Kier molecular flexibility index (Phi) is 2.50. The first-order chi connectivity index (χ1) is 5.38. The van der Waals surface area contributed by atoms with Crippen molar-refractivity contribution in [3.05, 3.63) is 0 Å². The molecule has 1 rings (SSSR count). The molecule has 1 aliphatic rings. The van der Waals surface area contributed by atoms with Crippen molar-refractivity contribution in [2.75, 3.05) is 0 Å². The Morgan fingerprint density at radius 3 is 2.17 bits per heavy atom. The van der Waals surface area contributed by atoms with Gasteiger partial charge < -0.3 is 11.5 Å². The minimum atomic E-state index is -0.148. The zero-order valence-electron chi connectivity index (χ0n) is 8.56. The first kappa shape index (κ1) is 10.0. The Balaban J connectivity index is 2.79. The van der Waals surface area contributed by atoms with Gasteiger partial charge in [0.05, 0.1) is 0 Å². The summed E-state index contributed by atoms with van der Waals surface area (Å²) in [5.41, 5.74) is 12.4. The molecule has 0 radical (unpaired) electrons. The molecular formula is C10H22N2. The molecule has 0 aromatic carbocycles. The average Bonchev–Trinajstić information content (AvgIpc) is 1.93. The predicted molar refractivity (Wildman–Crippen MR) is 52.8 cm³/mol. The molecule has 0 heterocycles. The summed E-state index contributed by atoms with van der Waals surface area (Å²) >= 11 is 0. The highest BCUT2D eigenvalue weighted by molar-refractivity contribution is 5.04. The fourth-order valence-corrected chi connectivity index (χ4v) is 2.16. The molecule has 1 fully saturated rings. The predicted octanol–water partition coefficient (Wildman–Crippen LogP) is 1.63. The molecule has 0 bridgehead atoms. The lowest BCUT2D eigenvalue weighted by molar-refractivity contribution is 0.109. The van der Waals surface area contributed by atoms with Crippen LogP contribution in [0.15, 0.2) is 0 Å². The molecule has 2 heteroatoms. The summed E-state index contributed by atoms with van der Waals surface area (Å²) in [5.74, 6) is 0. The van der Waals surface area contributed by atoms with Gasteiger partial charge in [-0.05, 0) is 18.3 Å². The molecule has 0 spiro atoms. The molecule has 0 aromatic rings. The number of hydrogen-bond acceptors (Lipinski definition) is 2. The van der Waals surface area contributed by atoms with Gasteiger partial charge >= 0.3 is 0 Å². The van der Waals surface area contributed by atoms with Crippen LogP contribution in [0.3, 0.4) is 0 Å². The topological polar surface area (TPSA) is 52.0 Å². The fraction of sp³-hybridized carbons (Fsp3) is 1.00. The minimum Gasteiger partial charge on any atom is -0.326 e. The Morgan fingerprint density at radius 2 is 1.83 bits per heavy atom. The molecular weight excluding hydrogens is 148 g/mol. The van der Waals surface area contributed by atoms with E-state index >= 15 is 0 Å². The zero-order valence-corrected chi connectivity index (χ0v) is 8.56. The quantitative estimate of drug-likeness (QED) is 0.580. The summed E-state index contributed by atoms with van der Waals surface area (Å²) in [6.07, 6.45) is 4.66. The van der Waals surface area contributed by atoms with Crippen LogP contribution in [0.2, 0.25) is 0 Å². The van der Waals surface area contributed by atoms with E-state index in [2.05, 4.69) is 20.8 Å². The fourth-order valence-electron chi connectivity index (χ4n) is 2.16. The second kappa shape index (κ2) is 3.00. The van der Waals surface area contributed by atoms with Gasteiger partial charge in [0, 0.05) is 11.6 Å². The number of rotatable bonds is 0. The van der Waals surface area contributed by atoms with Crippen LogP contribution in [0.5, 0.6) is 0 Å². The van der Waals surface area contributed by atoms with Gasteiger partial charge in [-0.15, -0.1) is 0 Å². The summed E-state index contributed by atoms with van der Waals surface area (Å²) in [4.78, 5) is 0. The van der Waals surface area contributed by atoms with Crippen LogP contribution in [0.25, 0.3) is 0 Å². The molecule has 72 valence electrons. The summed E-state index contributed by atoms with van der Waals surface area (Å²) in [5, 5.41) is 0. The smallest absolute Gasteiger partial charge is 0.0356 e. The van der Waals surface area contributed by atoms with Crippen molar-refractivity contribution in [1.82, 2.24) is 0 Å². The molecule has 0 amide bonds. The maximum absolute atomic E-state index is 6.35. The van der Waals surface area contributed by atoms with Gasteiger partial charge in [0.25, 0.3) is 0 Å². The van der Waals surface area contributed by atoms with E-state index in [1.807, 2.05) is 0 Å². The van der Waals surface area contributed by atoms with Crippen molar-refractivity contribution in [1.29, 1.82) is 0 Å². The highest BCUT2D eigenvalue weighted by atomic mass is 14.9. The number of nitrogens with two attached hydrogens (primary N) is 2. The van der Waals surface area contributed by atoms with Crippen molar-refractivity contribution in [2.24, 2.45) is 16.9 Å². The molecule has 0 aromatic heterocycles. The Morgan fingerprint density at radius 1 is 1.25 bits per heavy atom. The van der Waals surface area contributed by atoms with E-state index in [-0.39, 0.29) is 17.0 Å². The standard InChI is InChI=1S/C10H22N2/c1-9(2,3)10(12)7-5-4-6-8(10)11/h8H,4-7,11-12H2,1-3H3. The lowest BCUT2D eigenvalue weighted by Gasteiger charge is -2.48. The van der Waals surface area contributed by atoms with E-state index < -0.39 is 0 Å². The Labute approximate surface area is 75.7 Å². The van der Waals surface area contributed by atoms with Gasteiger partial charge in [-0.2, -0.15) is 0 Å². The van der Waals surface area contributed by atoms with Crippen LogP contribution < -0.4 is 11.5 Å². The molecule has 2 nitrogen and oxygen atoms in total. The van der Waals surface area contributed by atoms with E-state index in [9.17, 15) is 0 Å². The van der Waals surface area contributed by atoms with Crippen LogP contribution in [-0.2, 0) is 0 Å². The second-order valence-corrected chi connectivity index (χ2v) is 5.14. The molecule has 1 aliphatic carbocycles. The van der Waals surface area contributed by atoms with Crippen molar-refractivity contribution in [2.45, 2.75) is 58.0 Å². The molecule has 1 saturated carbocycles. The average molecular weight is 170 g/mol. The molecule has 2 unspecified atom stereocenters. The largest absolute Gasteiger partial charge is 0.326 e. The van der Waals surface area contributed by atoms with E-state index in [4.69, 9.17) is 11.5 Å². The van der Waals surface area contributed by atoms with Crippen molar-refractivity contribution >= 4 is 0 Å². The number of hydrogen-bond donors (Lipinski definition) is 2. The highest BCUT2D eigenvalue weighted by Gasteiger charge is 2.44. The molecule has 0 aliphatic heterocycles. The van der Waals surface area contributed by atoms with Crippen molar-refractivity contribution in [3.63, 3.8) is 0 Å². The maximum Gasteiger partial charge on any atom is 0.0356 e. The second-order valence-electron chi connectivity index (χ2n) is 5.14. The van der Waals surface area contributed by atoms with Crippen LogP contribution in [0, 0.1) is 5.41 Å². The molecule has 12 heavy (non-hydrogen) atoms. The van der Waals surface area contributed by atoms with Crippen LogP contribution in [-0.4, -0.2) is 11.6 Å². The van der Waals surface area contributed by atoms with Crippen LogP contribution in [0.4, 0.5) is 0 Å². The van der Waals surface area contributed by atoms with Crippen LogP contribution in [0.1, 0.15) is 46.5 Å². The lowest BCUT2D eigenvalue weighted by atomic mass is 9.64. The highest BCUT2D eigenvalue weighted by Crippen LogP contribution is 2.38. The zero-order chi connectivity index (χ0) is 9.41. The molecule has 2 atom stereocenters. The van der Waals surface area contributed by atoms with Crippen molar-refractivity contribution < 1.29 is 0 Å². The van der Waals surface area contributed by atoms with Crippen molar-refractivity contribution in [3.8, 4) is 0 Å². The van der Waals surface area contributed by atoms with E-state index in [0.29, 0.717) is 0 Å². The maximum atomic E-state index is 6.35. The Hall–Kier alpha value is -0.0800. The first-order valence-electron chi connectivity index (χ1n) is 4.92. The van der Waals surface area contributed by atoms with Gasteiger partial charge in [-0.3, -0.25) is 0 Å². The summed E-state index contributed by atoms with van der Waals surface area (Å²) in [6, 6.07) is 0.186. The monoisotopic (exact) mass is 170 g/mol. The summed E-state index contributed by atoms with van der Waals surface area (Å²) in [6.45, 7) is 6.58. The van der Waals surface area contributed by atoms with E-state index in [0.717, 1.165) is 12.8 Å². The van der Waals surface area contributed by atoms with Gasteiger partial charge in [0.15, 0.2) is 0 Å². The molecule has 4 N–H and O–H groups in total. The van der Waals surface area contributed by atoms with Gasteiger partial charge in [-0.1, -0.05) is 33.6 Å². The third-order valence-corrected chi connectivity index (χ3v) is 3.41. The summed E-state index contributed by atoms with van der Waals surface area (Å²) < 4.78 is 0. The minimum absolute atomic E-state index is 0.132. The van der Waals surface area contributed by atoms with E-state index in [1.54, 1.807) is 0 Å². The lowest BCUT2D eigenvalue weighted by Crippen LogP contribution is -2.64. The third-order valence-electron chi connectivity index (χ3n) is 3.41. The van der Waals surface area contributed by atoms with Gasteiger partial charge in [0.1, 0.15) is 0 Å². The SMILES string of the molecule is CC(C)(C)C1(N)CCCCC1N. The first-order valence-corrected chi connectivity index (χ1v) is 4.92.